The number of ether oxygens (including phenoxy) is 4. The van der Waals surface area contributed by atoms with Gasteiger partial charge in [0.15, 0.2) is 0 Å². The number of hydrogen-bond acceptors (Lipinski definition) is 10. The molecule has 6 aliphatic carbocycles. The molecule has 10 heteroatoms. The first-order valence-electron chi connectivity index (χ1n) is 22.7. The van der Waals surface area contributed by atoms with Crippen molar-refractivity contribution in [2.75, 3.05) is 33.4 Å². The first kappa shape index (κ1) is 40.0. The number of aliphatic hydroxyl groups excluding tert-OH is 2. The minimum atomic E-state index is -0.451. The molecule has 8 aliphatic rings. The van der Waals surface area contributed by atoms with Gasteiger partial charge in [0.05, 0.1) is 56.0 Å². The second kappa shape index (κ2) is 17.6. The fourth-order valence-electron chi connectivity index (χ4n) is 14.6. The number of carbonyl (C=O) groups is 1. The largest absolute Gasteiger partial charge is 0.465 e. The minimum Gasteiger partial charge on any atom is -0.465 e. The number of rotatable bonds is 11. The summed E-state index contributed by atoms with van der Waals surface area (Å²) in [6, 6.07) is 0.599. The first-order valence-corrected chi connectivity index (χ1v) is 22.7. The van der Waals surface area contributed by atoms with Gasteiger partial charge in [-0.05, 0) is 162 Å². The summed E-state index contributed by atoms with van der Waals surface area (Å²) >= 11 is 0. The zero-order chi connectivity index (χ0) is 37.4. The van der Waals surface area contributed by atoms with Gasteiger partial charge in [-0.1, -0.05) is 19.3 Å². The number of methoxy groups -OCH3 is 1. The van der Waals surface area contributed by atoms with Gasteiger partial charge in [-0.15, -0.1) is 0 Å². The highest BCUT2D eigenvalue weighted by Crippen LogP contribution is 2.68. The Balaban J connectivity index is 1.02. The molecule has 8 rings (SSSR count). The SMILES string of the molecule is COC1CC(O)CC2CC3(CCC(CC4CCC(N)NC4)C3)C3C(CCC4C(COC(C)=O)C(C5CCC(O)C(OCCNC6CCCCC6)C5)OC43)C21. The van der Waals surface area contributed by atoms with Crippen molar-refractivity contribution in [3.8, 4) is 0 Å². The van der Waals surface area contributed by atoms with Gasteiger partial charge in [0.25, 0.3) is 0 Å². The Labute approximate surface area is 325 Å². The Kier molecular flexibility index (Phi) is 13.0. The molecule has 0 radical (unpaired) electrons. The molecule has 10 nitrogen and oxygen atoms in total. The molecule has 8 fully saturated rings. The standard InChI is InChI=1S/C44H75N3O7/c1-26(48)53-25-35-33-10-11-34-40-30(19-32(49)21-38(40)51-2)23-44(15-14-27(22-44)18-28-8-13-39(45)47-24-28)41(34)43(33)54-42(35)29-9-12-36(50)37(20-29)52-17-16-46-31-6-4-3-5-7-31/h27-43,46-47,49-50H,3-25,45H2,1-2H3. The maximum Gasteiger partial charge on any atom is 0.302 e. The molecule has 2 saturated heterocycles. The number of fused-ring (bicyclic) bond motifs is 6. The minimum absolute atomic E-state index is 0.00652. The van der Waals surface area contributed by atoms with E-state index in [1.807, 2.05) is 7.11 Å². The van der Waals surface area contributed by atoms with Crippen molar-refractivity contribution < 1.29 is 34.0 Å². The predicted molar refractivity (Wildman–Crippen MR) is 207 cm³/mol. The fourth-order valence-corrected chi connectivity index (χ4v) is 14.6. The summed E-state index contributed by atoms with van der Waals surface area (Å²) in [5, 5.41) is 29.5. The first-order chi connectivity index (χ1) is 26.2. The lowest BCUT2D eigenvalue weighted by Gasteiger charge is -2.61. The van der Waals surface area contributed by atoms with E-state index in [4.69, 9.17) is 24.7 Å². The number of carbonyl (C=O) groups excluding carboxylic acids is 1. The highest BCUT2D eigenvalue weighted by molar-refractivity contribution is 5.65. The van der Waals surface area contributed by atoms with Crippen molar-refractivity contribution in [2.24, 2.45) is 64.4 Å². The van der Waals surface area contributed by atoms with E-state index in [0.29, 0.717) is 54.8 Å². The number of nitrogens with one attached hydrogen (secondary N) is 2. The quantitative estimate of drug-likeness (QED) is 0.139. The Morgan fingerprint density at radius 3 is 2.50 bits per heavy atom. The molecule has 17 unspecified atom stereocenters. The van der Waals surface area contributed by atoms with Crippen LogP contribution in [0.5, 0.6) is 0 Å². The molecule has 0 aromatic rings. The van der Waals surface area contributed by atoms with Crippen molar-refractivity contribution in [2.45, 2.75) is 178 Å². The number of nitrogens with two attached hydrogens (primary N) is 1. The Bertz CT molecular complexity index is 1230. The zero-order valence-corrected chi connectivity index (χ0v) is 33.6. The predicted octanol–water partition coefficient (Wildman–Crippen LogP) is 5.31. The van der Waals surface area contributed by atoms with Crippen LogP contribution in [0.3, 0.4) is 0 Å². The summed E-state index contributed by atoms with van der Waals surface area (Å²) in [4.78, 5) is 12.3. The Morgan fingerprint density at radius 1 is 0.889 bits per heavy atom. The van der Waals surface area contributed by atoms with Crippen LogP contribution in [0.4, 0.5) is 0 Å². The summed E-state index contributed by atoms with van der Waals surface area (Å²) < 4.78 is 26.2. The lowest BCUT2D eigenvalue weighted by atomic mass is 9.45. The molecular weight excluding hydrogens is 682 g/mol. The van der Waals surface area contributed by atoms with E-state index in [0.717, 1.165) is 70.4 Å². The van der Waals surface area contributed by atoms with Crippen LogP contribution >= 0.6 is 0 Å². The average Bonchev–Trinajstić information content (AvgIpc) is 3.74. The van der Waals surface area contributed by atoms with E-state index in [1.165, 1.54) is 77.6 Å². The highest BCUT2D eigenvalue weighted by atomic mass is 16.5. The molecule has 17 atom stereocenters. The van der Waals surface area contributed by atoms with E-state index in [-0.39, 0.29) is 59.9 Å². The number of hydrogen-bond donors (Lipinski definition) is 5. The molecule has 2 heterocycles. The van der Waals surface area contributed by atoms with Crippen LogP contribution in [0.1, 0.15) is 129 Å². The van der Waals surface area contributed by atoms with E-state index in [2.05, 4.69) is 10.6 Å². The fraction of sp³-hybridized carbons (Fsp3) is 0.977. The Hall–Kier alpha value is -0.850. The third-order valence-corrected chi connectivity index (χ3v) is 16.8. The maximum atomic E-state index is 12.3. The molecule has 308 valence electrons. The molecule has 54 heavy (non-hydrogen) atoms. The molecule has 2 aliphatic heterocycles. The summed E-state index contributed by atoms with van der Waals surface area (Å²) in [7, 11) is 1.86. The zero-order valence-electron chi connectivity index (χ0n) is 33.6. The summed E-state index contributed by atoms with van der Waals surface area (Å²) in [6.07, 6.45) is 20.8. The third kappa shape index (κ3) is 8.48. The van der Waals surface area contributed by atoms with Gasteiger partial charge in [0, 0.05) is 32.5 Å². The van der Waals surface area contributed by atoms with Crippen molar-refractivity contribution in [1.82, 2.24) is 10.6 Å². The van der Waals surface area contributed by atoms with Gasteiger partial charge in [-0.25, -0.2) is 0 Å². The summed E-state index contributed by atoms with van der Waals surface area (Å²) in [5.74, 6) is 3.89. The van der Waals surface area contributed by atoms with Gasteiger partial charge in [-0.3, -0.25) is 4.79 Å². The number of aliphatic hydroxyl groups is 2. The molecule has 0 amide bonds. The molecule has 6 N–H and O–H groups in total. The summed E-state index contributed by atoms with van der Waals surface area (Å²) in [6.45, 7) is 4.44. The van der Waals surface area contributed by atoms with Crippen molar-refractivity contribution in [1.29, 1.82) is 0 Å². The lowest BCUT2D eigenvalue weighted by molar-refractivity contribution is -0.192. The number of esters is 1. The van der Waals surface area contributed by atoms with Crippen LogP contribution in [0.15, 0.2) is 0 Å². The van der Waals surface area contributed by atoms with Crippen molar-refractivity contribution >= 4 is 5.97 Å². The molecule has 0 aromatic heterocycles. The number of piperidine rings is 1. The molecule has 0 bridgehead atoms. The van der Waals surface area contributed by atoms with E-state index in [1.54, 1.807) is 0 Å². The Morgan fingerprint density at radius 2 is 1.72 bits per heavy atom. The normalized spacial score (nSPS) is 48.2. The second-order valence-corrected chi connectivity index (χ2v) is 19.9. The molecule has 0 aromatic carbocycles. The second-order valence-electron chi connectivity index (χ2n) is 19.9. The van der Waals surface area contributed by atoms with Crippen LogP contribution in [0.25, 0.3) is 0 Å². The lowest BCUT2D eigenvalue weighted by Crippen LogP contribution is -2.59. The van der Waals surface area contributed by atoms with Gasteiger partial charge >= 0.3 is 5.97 Å². The third-order valence-electron chi connectivity index (χ3n) is 16.8. The monoisotopic (exact) mass is 758 g/mol. The van der Waals surface area contributed by atoms with E-state index >= 15 is 0 Å². The van der Waals surface area contributed by atoms with Crippen LogP contribution in [-0.4, -0.2) is 98.4 Å². The summed E-state index contributed by atoms with van der Waals surface area (Å²) in [5.41, 5.74) is 6.41. The van der Waals surface area contributed by atoms with E-state index < -0.39 is 6.10 Å². The van der Waals surface area contributed by atoms with Gasteiger partial charge < -0.3 is 45.5 Å². The molecular formula is C44H75N3O7. The molecule has 1 spiro atoms. The van der Waals surface area contributed by atoms with Crippen molar-refractivity contribution in [3.63, 3.8) is 0 Å². The van der Waals surface area contributed by atoms with Gasteiger partial charge in [0.1, 0.15) is 0 Å². The van der Waals surface area contributed by atoms with Crippen LogP contribution in [-0.2, 0) is 23.7 Å². The van der Waals surface area contributed by atoms with Gasteiger partial charge in [0.2, 0.25) is 0 Å². The van der Waals surface area contributed by atoms with Crippen LogP contribution in [0, 0.1) is 58.7 Å². The van der Waals surface area contributed by atoms with Crippen LogP contribution in [0.2, 0.25) is 0 Å². The maximum absolute atomic E-state index is 12.3. The average molecular weight is 758 g/mol. The van der Waals surface area contributed by atoms with Crippen LogP contribution < -0.4 is 16.4 Å². The molecule has 6 saturated carbocycles. The smallest absolute Gasteiger partial charge is 0.302 e. The van der Waals surface area contributed by atoms with Gasteiger partial charge in [-0.2, -0.15) is 0 Å². The van der Waals surface area contributed by atoms with E-state index in [9.17, 15) is 15.0 Å². The van der Waals surface area contributed by atoms with Crippen molar-refractivity contribution in [3.05, 3.63) is 0 Å². The topological polar surface area (TPSA) is 145 Å². The highest BCUT2D eigenvalue weighted by Gasteiger charge is 2.65.